The van der Waals surface area contributed by atoms with Gasteiger partial charge < -0.3 is 10.1 Å². The van der Waals surface area contributed by atoms with E-state index in [1.165, 1.54) is 0 Å². The minimum atomic E-state index is -3.52. The van der Waals surface area contributed by atoms with E-state index in [4.69, 9.17) is 4.74 Å². The highest BCUT2D eigenvalue weighted by molar-refractivity contribution is 7.89. The number of amides is 1. The molecule has 0 aromatic heterocycles. The summed E-state index contributed by atoms with van der Waals surface area (Å²) in [6.07, 6.45) is 2.85. The van der Waals surface area contributed by atoms with Crippen LogP contribution in [0, 0.1) is 0 Å². The summed E-state index contributed by atoms with van der Waals surface area (Å²) in [6, 6.07) is 16.4. The zero-order valence-corrected chi connectivity index (χ0v) is 20.4. The number of carbonyl (C=O) groups is 1. The topological polar surface area (TPSA) is 82.2 Å². The summed E-state index contributed by atoms with van der Waals surface area (Å²) < 4.78 is 33.2. The quantitative estimate of drug-likeness (QED) is 0.587. The molecule has 8 nitrogen and oxygen atoms in total. The van der Waals surface area contributed by atoms with E-state index in [9.17, 15) is 13.2 Å². The van der Waals surface area contributed by atoms with Gasteiger partial charge in [0.2, 0.25) is 15.9 Å². The van der Waals surface area contributed by atoms with Crippen LogP contribution in [-0.2, 0) is 14.8 Å². The Kier molecular flexibility index (Phi) is 8.55. The molecule has 0 aliphatic carbocycles. The van der Waals surface area contributed by atoms with Crippen LogP contribution in [0.25, 0.3) is 0 Å². The molecular weight excluding hydrogens is 452 g/mol. The zero-order chi connectivity index (χ0) is 23.8. The molecule has 2 saturated heterocycles. The van der Waals surface area contributed by atoms with Gasteiger partial charge in [0.25, 0.3) is 0 Å². The minimum Gasteiger partial charge on any atom is -0.492 e. The second-order valence-electron chi connectivity index (χ2n) is 8.82. The standard InChI is InChI=1S/C25H34N4O4S/c30-25(21-28-16-14-27(15-17-28)18-19-33-23-9-3-1-4-10-23)26-22-8-7-11-24(20-22)34(31,32)29-12-5-2-6-13-29/h1,3-4,7-11,20H,2,5-6,12-19,21H2,(H,26,30). The highest BCUT2D eigenvalue weighted by Crippen LogP contribution is 2.23. The fourth-order valence-electron chi connectivity index (χ4n) is 4.37. The molecule has 0 spiro atoms. The van der Waals surface area contributed by atoms with Crippen molar-refractivity contribution < 1.29 is 17.9 Å². The van der Waals surface area contributed by atoms with E-state index < -0.39 is 10.0 Å². The van der Waals surface area contributed by atoms with Crippen molar-refractivity contribution in [3.8, 4) is 5.75 Å². The lowest BCUT2D eigenvalue weighted by atomic mass is 10.2. The Bertz CT molecular complexity index is 1030. The number of para-hydroxylation sites is 1. The van der Waals surface area contributed by atoms with E-state index in [1.54, 1.807) is 28.6 Å². The number of nitrogens with one attached hydrogen (secondary N) is 1. The predicted octanol–water partition coefficient (Wildman–Crippen LogP) is 2.50. The maximum Gasteiger partial charge on any atom is 0.243 e. The summed E-state index contributed by atoms with van der Waals surface area (Å²) in [7, 11) is -3.52. The molecule has 0 saturated carbocycles. The van der Waals surface area contributed by atoms with Crippen LogP contribution in [0.15, 0.2) is 59.5 Å². The van der Waals surface area contributed by atoms with Crippen molar-refractivity contribution in [1.29, 1.82) is 0 Å². The van der Waals surface area contributed by atoms with Gasteiger partial charge >= 0.3 is 0 Å². The maximum atomic E-state index is 12.9. The molecule has 2 aliphatic rings. The Balaban J connectivity index is 1.21. The number of hydrogen-bond donors (Lipinski definition) is 1. The molecule has 0 radical (unpaired) electrons. The highest BCUT2D eigenvalue weighted by atomic mass is 32.2. The number of piperazine rings is 1. The van der Waals surface area contributed by atoms with Gasteiger partial charge in [-0.25, -0.2) is 8.42 Å². The average Bonchev–Trinajstić information content (AvgIpc) is 2.86. The van der Waals surface area contributed by atoms with Gasteiger partial charge in [-0.1, -0.05) is 30.7 Å². The number of rotatable bonds is 9. The number of sulfonamides is 1. The van der Waals surface area contributed by atoms with Crippen LogP contribution in [-0.4, -0.2) is 87.4 Å². The molecule has 1 N–H and O–H groups in total. The molecular formula is C25H34N4O4S. The van der Waals surface area contributed by atoms with Crippen LogP contribution < -0.4 is 10.1 Å². The first-order chi connectivity index (χ1) is 16.5. The SMILES string of the molecule is O=C(CN1CCN(CCOc2ccccc2)CC1)Nc1cccc(S(=O)(=O)N2CCCCC2)c1. The van der Waals surface area contributed by atoms with Crippen molar-refractivity contribution in [2.75, 3.05) is 64.3 Å². The molecule has 2 fully saturated rings. The van der Waals surface area contributed by atoms with Gasteiger partial charge in [-0.2, -0.15) is 4.31 Å². The van der Waals surface area contributed by atoms with Crippen molar-refractivity contribution >= 4 is 21.6 Å². The van der Waals surface area contributed by atoms with E-state index in [2.05, 4.69) is 15.1 Å². The molecule has 0 unspecified atom stereocenters. The van der Waals surface area contributed by atoms with Crippen LogP contribution in [0.4, 0.5) is 5.69 Å². The fourth-order valence-corrected chi connectivity index (χ4v) is 5.94. The van der Waals surface area contributed by atoms with Crippen LogP contribution in [0.3, 0.4) is 0 Å². The summed E-state index contributed by atoms with van der Waals surface area (Å²) in [5.74, 6) is 0.749. The number of anilines is 1. The van der Waals surface area contributed by atoms with Crippen LogP contribution in [0.2, 0.25) is 0 Å². The Morgan fingerprint density at radius 1 is 0.853 bits per heavy atom. The Morgan fingerprint density at radius 2 is 1.56 bits per heavy atom. The van der Waals surface area contributed by atoms with Gasteiger partial charge in [0.15, 0.2) is 0 Å². The Hall–Kier alpha value is -2.46. The third-order valence-corrected chi connectivity index (χ3v) is 8.22. The number of hydrogen-bond acceptors (Lipinski definition) is 6. The molecule has 2 aromatic carbocycles. The summed E-state index contributed by atoms with van der Waals surface area (Å²) in [5.41, 5.74) is 0.514. The second-order valence-corrected chi connectivity index (χ2v) is 10.8. The fraction of sp³-hybridized carbons (Fsp3) is 0.480. The first-order valence-corrected chi connectivity index (χ1v) is 13.5. The van der Waals surface area contributed by atoms with E-state index in [0.29, 0.717) is 25.4 Å². The van der Waals surface area contributed by atoms with Crippen molar-refractivity contribution in [2.45, 2.75) is 24.2 Å². The normalized spacial score (nSPS) is 18.5. The maximum absolute atomic E-state index is 12.9. The lowest BCUT2D eigenvalue weighted by molar-refractivity contribution is -0.117. The molecule has 2 aliphatic heterocycles. The van der Waals surface area contributed by atoms with Gasteiger partial charge in [-0.05, 0) is 43.2 Å². The molecule has 1 amide bonds. The van der Waals surface area contributed by atoms with Crippen molar-refractivity contribution in [3.05, 3.63) is 54.6 Å². The third kappa shape index (κ3) is 6.79. The van der Waals surface area contributed by atoms with E-state index in [0.717, 1.165) is 57.7 Å². The second kappa shape index (κ2) is 11.8. The monoisotopic (exact) mass is 486 g/mol. The van der Waals surface area contributed by atoms with E-state index in [1.807, 2.05) is 30.3 Å². The lowest BCUT2D eigenvalue weighted by Gasteiger charge is -2.34. The van der Waals surface area contributed by atoms with Gasteiger partial charge in [0, 0.05) is 51.5 Å². The zero-order valence-electron chi connectivity index (χ0n) is 19.6. The Morgan fingerprint density at radius 3 is 2.29 bits per heavy atom. The molecule has 9 heteroatoms. The van der Waals surface area contributed by atoms with Crippen molar-refractivity contribution in [2.24, 2.45) is 0 Å². The van der Waals surface area contributed by atoms with Crippen LogP contribution >= 0.6 is 0 Å². The number of nitrogens with zero attached hydrogens (tertiary/aromatic N) is 3. The molecule has 0 atom stereocenters. The van der Waals surface area contributed by atoms with E-state index in [-0.39, 0.29) is 17.3 Å². The molecule has 0 bridgehead atoms. The van der Waals surface area contributed by atoms with E-state index >= 15 is 0 Å². The molecule has 2 aromatic rings. The number of piperidine rings is 1. The number of carbonyl (C=O) groups excluding carboxylic acids is 1. The minimum absolute atomic E-state index is 0.131. The van der Waals surface area contributed by atoms with Crippen LogP contribution in [0.5, 0.6) is 5.75 Å². The molecule has 184 valence electrons. The summed E-state index contributed by atoms with van der Waals surface area (Å²) in [4.78, 5) is 17.3. The Labute approximate surface area is 202 Å². The van der Waals surface area contributed by atoms with Crippen molar-refractivity contribution in [1.82, 2.24) is 14.1 Å². The van der Waals surface area contributed by atoms with Crippen molar-refractivity contribution in [3.63, 3.8) is 0 Å². The first-order valence-electron chi connectivity index (χ1n) is 12.0. The number of ether oxygens (including phenoxy) is 1. The van der Waals surface area contributed by atoms with Gasteiger partial charge in [0.1, 0.15) is 12.4 Å². The van der Waals surface area contributed by atoms with Gasteiger partial charge in [-0.3, -0.25) is 14.6 Å². The largest absolute Gasteiger partial charge is 0.492 e. The smallest absolute Gasteiger partial charge is 0.243 e. The summed E-state index contributed by atoms with van der Waals surface area (Å²) >= 11 is 0. The molecule has 2 heterocycles. The summed E-state index contributed by atoms with van der Waals surface area (Å²) in [6.45, 7) is 6.28. The summed E-state index contributed by atoms with van der Waals surface area (Å²) in [5, 5.41) is 2.87. The first kappa shape index (κ1) is 24.7. The van der Waals surface area contributed by atoms with Gasteiger partial charge in [0.05, 0.1) is 11.4 Å². The predicted molar refractivity (Wildman–Crippen MR) is 132 cm³/mol. The average molecular weight is 487 g/mol. The third-order valence-electron chi connectivity index (χ3n) is 6.32. The number of benzene rings is 2. The van der Waals surface area contributed by atoms with Gasteiger partial charge in [-0.15, -0.1) is 0 Å². The lowest BCUT2D eigenvalue weighted by Crippen LogP contribution is -2.49. The van der Waals surface area contributed by atoms with Crippen LogP contribution in [0.1, 0.15) is 19.3 Å². The molecule has 34 heavy (non-hydrogen) atoms. The highest BCUT2D eigenvalue weighted by Gasteiger charge is 2.26. The molecule has 4 rings (SSSR count).